The van der Waals surface area contributed by atoms with Crippen LogP contribution in [-0.2, 0) is 11.7 Å². The van der Waals surface area contributed by atoms with E-state index >= 15 is 0 Å². The van der Waals surface area contributed by atoms with Crippen molar-refractivity contribution < 1.29 is 22.8 Å². The third kappa shape index (κ3) is 4.66. The number of rotatable bonds is 3. The zero-order chi connectivity index (χ0) is 20.6. The molecule has 0 atom stereocenters. The number of carbonyl (C=O) groups excluding carboxylic acids is 2. The number of nitrogens with zero attached hydrogens (tertiary/aromatic N) is 2. The number of alkyl halides is 3. The van der Waals surface area contributed by atoms with Gasteiger partial charge >= 0.3 is 6.18 Å². The molecule has 0 aliphatic rings. The number of hydrogen-bond acceptors (Lipinski definition) is 3. The fourth-order valence-electron chi connectivity index (χ4n) is 2.51. The van der Waals surface area contributed by atoms with Gasteiger partial charge in [-0.25, -0.2) is 0 Å². The van der Waals surface area contributed by atoms with Crippen LogP contribution in [0.25, 0.3) is 0 Å². The number of aryl methyl sites for hydroxylation is 1. The fourth-order valence-corrected chi connectivity index (χ4v) is 2.51. The molecule has 1 aromatic heterocycles. The standard InChI is InChI=1S/C18H21F3N4O2/c1-10-6-14(25(24-10)17(2,3)4)16(27)23-13-8-11(15(26)22-5)7-12(9-13)18(19,20)21/h6-9H,1-5H3,(H,22,26)(H,23,27). The van der Waals surface area contributed by atoms with Crippen LogP contribution in [-0.4, -0.2) is 28.6 Å². The van der Waals surface area contributed by atoms with Crippen LogP contribution in [0.5, 0.6) is 0 Å². The number of halogens is 3. The molecular weight excluding hydrogens is 361 g/mol. The predicted molar refractivity (Wildman–Crippen MR) is 94.7 cm³/mol. The Hall–Kier alpha value is -2.84. The summed E-state index contributed by atoms with van der Waals surface area (Å²) in [6, 6.07) is 4.26. The molecule has 0 radical (unpaired) electrons. The Kier molecular flexibility index (Phi) is 5.35. The molecule has 0 bridgehead atoms. The van der Waals surface area contributed by atoms with Gasteiger partial charge in [0.2, 0.25) is 0 Å². The Labute approximate surface area is 154 Å². The largest absolute Gasteiger partial charge is 0.416 e. The molecule has 9 heteroatoms. The molecule has 1 heterocycles. The summed E-state index contributed by atoms with van der Waals surface area (Å²) in [7, 11) is 1.31. The number of anilines is 1. The second kappa shape index (κ2) is 7.05. The van der Waals surface area contributed by atoms with Gasteiger partial charge in [-0.05, 0) is 52.0 Å². The van der Waals surface area contributed by atoms with Gasteiger partial charge in [-0.2, -0.15) is 18.3 Å². The molecule has 2 N–H and O–H groups in total. The van der Waals surface area contributed by atoms with Gasteiger partial charge in [0.15, 0.2) is 0 Å². The highest BCUT2D eigenvalue weighted by molar-refractivity contribution is 6.04. The second-order valence-electron chi connectivity index (χ2n) is 7.08. The van der Waals surface area contributed by atoms with Crippen molar-refractivity contribution in [2.45, 2.75) is 39.4 Å². The first kappa shape index (κ1) is 20.5. The molecule has 146 valence electrons. The van der Waals surface area contributed by atoms with E-state index < -0.39 is 29.1 Å². The molecule has 0 unspecified atom stereocenters. The number of amides is 2. The van der Waals surface area contributed by atoms with Crippen LogP contribution >= 0.6 is 0 Å². The van der Waals surface area contributed by atoms with Gasteiger partial charge < -0.3 is 10.6 Å². The molecule has 0 saturated carbocycles. The van der Waals surface area contributed by atoms with Crippen LogP contribution in [0.1, 0.15) is 52.9 Å². The van der Waals surface area contributed by atoms with Gasteiger partial charge in [-0.1, -0.05) is 0 Å². The summed E-state index contributed by atoms with van der Waals surface area (Å²) in [6.07, 6.45) is -4.66. The monoisotopic (exact) mass is 382 g/mol. The second-order valence-corrected chi connectivity index (χ2v) is 7.08. The highest BCUT2D eigenvalue weighted by Gasteiger charge is 2.32. The van der Waals surface area contributed by atoms with E-state index in [1.807, 2.05) is 20.8 Å². The summed E-state index contributed by atoms with van der Waals surface area (Å²) >= 11 is 0. The first-order valence-electron chi connectivity index (χ1n) is 8.16. The van der Waals surface area contributed by atoms with E-state index in [0.29, 0.717) is 5.69 Å². The van der Waals surface area contributed by atoms with Gasteiger partial charge in [-0.15, -0.1) is 0 Å². The van der Waals surface area contributed by atoms with Crippen molar-refractivity contribution in [3.05, 3.63) is 46.8 Å². The Morgan fingerprint density at radius 2 is 1.67 bits per heavy atom. The smallest absolute Gasteiger partial charge is 0.355 e. The fraction of sp³-hybridized carbons (Fsp3) is 0.389. The molecule has 0 aliphatic carbocycles. The van der Waals surface area contributed by atoms with Crippen molar-refractivity contribution in [3.8, 4) is 0 Å². The Balaban J connectivity index is 2.45. The van der Waals surface area contributed by atoms with Crippen LogP contribution < -0.4 is 10.6 Å². The van der Waals surface area contributed by atoms with Crippen molar-refractivity contribution in [2.24, 2.45) is 0 Å². The van der Waals surface area contributed by atoms with E-state index in [4.69, 9.17) is 0 Å². The van der Waals surface area contributed by atoms with E-state index in [-0.39, 0.29) is 16.9 Å². The molecular formula is C18H21F3N4O2. The maximum Gasteiger partial charge on any atom is 0.416 e. The molecule has 2 aromatic rings. The van der Waals surface area contributed by atoms with Gasteiger partial charge in [-0.3, -0.25) is 14.3 Å². The zero-order valence-corrected chi connectivity index (χ0v) is 15.7. The molecule has 1 aromatic carbocycles. The van der Waals surface area contributed by atoms with Gasteiger partial charge in [0.05, 0.1) is 16.8 Å². The number of aromatic nitrogens is 2. The Morgan fingerprint density at radius 1 is 1.04 bits per heavy atom. The molecule has 0 saturated heterocycles. The highest BCUT2D eigenvalue weighted by Crippen LogP contribution is 2.32. The van der Waals surface area contributed by atoms with Crippen LogP contribution in [0.15, 0.2) is 24.3 Å². The van der Waals surface area contributed by atoms with Crippen molar-refractivity contribution in [3.63, 3.8) is 0 Å². The number of nitrogens with one attached hydrogen (secondary N) is 2. The quantitative estimate of drug-likeness (QED) is 0.852. The minimum absolute atomic E-state index is 0.132. The van der Waals surface area contributed by atoms with Gasteiger partial charge in [0.25, 0.3) is 11.8 Å². The molecule has 27 heavy (non-hydrogen) atoms. The molecule has 0 fully saturated rings. The minimum atomic E-state index is -4.66. The zero-order valence-electron chi connectivity index (χ0n) is 15.7. The number of carbonyl (C=O) groups is 2. The SMILES string of the molecule is CNC(=O)c1cc(NC(=O)c2cc(C)nn2C(C)(C)C)cc(C(F)(F)F)c1. The lowest BCUT2D eigenvalue weighted by atomic mass is 10.1. The van der Waals surface area contributed by atoms with E-state index in [1.54, 1.807) is 13.0 Å². The molecule has 6 nitrogen and oxygen atoms in total. The highest BCUT2D eigenvalue weighted by atomic mass is 19.4. The number of benzene rings is 1. The summed E-state index contributed by atoms with van der Waals surface area (Å²) in [5, 5.41) is 8.98. The van der Waals surface area contributed by atoms with E-state index in [1.165, 1.54) is 17.8 Å². The first-order valence-corrected chi connectivity index (χ1v) is 8.16. The van der Waals surface area contributed by atoms with Crippen LogP contribution in [0.3, 0.4) is 0 Å². The lowest BCUT2D eigenvalue weighted by molar-refractivity contribution is -0.137. The van der Waals surface area contributed by atoms with E-state index in [2.05, 4.69) is 15.7 Å². The van der Waals surface area contributed by atoms with Crippen LogP contribution in [0.4, 0.5) is 18.9 Å². The third-order valence-corrected chi connectivity index (χ3v) is 3.71. The first-order chi connectivity index (χ1) is 12.3. The topological polar surface area (TPSA) is 76.0 Å². The van der Waals surface area contributed by atoms with Crippen molar-refractivity contribution in [1.29, 1.82) is 0 Å². The predicted octanol–water partition coefficient (Wildman–Crippen LogP) is 3.58. The maximum absolute atomic E-state index is 13.1. The summed E-state index contributed by atoms with van der Waals surface area (Å²) in [4.78, 5) is 24.4. The molecule has 2 rings (SSSR count). The van der Waals surface area contributed by atoms with Gasteiger partial charge in [0.1, 0.15) is 5.69 Å². The molecule has 2 amide bonds. The summed E-state index contributed by atoms with van der Waals surface area (Å²) in [6.45, 7) is 7.27. The van der Waals surface area contributed by atoms with Crippen LogP contribution in [0.2, 0.25) is 0 Å². The lowest BCUT2D eigenvalue weighted by Crippen LogP contribution is -2.29. The summed E-state index contributed by atoms with van der Waals surface area (Å²) in [5.41, 5.74) is -1.05. The average molecular weight is 382 g/mol. The Bertz CT molecular complexity index is 880. The van der Waals surface area contributed by atoms with Gasteiger partial charge in [0, 0.05) is 18.3 Å². The van der Waals surface area contributed by atoms with E-state index in [9.17, 15) is 22.8 Å². The van der Waals surface area contributed by atoms with E-state index in [0.717, 1.165) is 12.1 Å². The number of hydrogen-bond donors (Lipinski definition) is 2. The molecule has 0 spiro atoms. The minimum Gasteiger partial charge on any atom is -0.355 e. The van der Waals surface area contributed by atoms with Crippen molar-refractivity contribution >= 4 is 17.5 Å². The summed E-state index contributed by atoms with van der Waals surface area (Å²) < 4.78 is 40.9. The lowest BCUT2D eigenvalue weighted by Gasteiger charge is -2.22. The molecule has 0 aliphatic heterocycles. The maximum atomic E-state index is 13.1. The normalized spacial score (nSPS) is 12.0. The summed E-state index contributed by atoms with van der Waals surface area (Å²) in [5.74, 6) is -1.31. The average Bonchev–Trinajstić information content (AvgIpc) is 2.95. The third-order valence-electron chi connectivity index (χ3n) is 3.71. The van der Waals surface area contributed by atoms with Crippen molar-refractivity contribution in [2.75, 3.05) is 12.4 Å². The van der Waals surface area contributed by atoms with Crippen molar-refractivity contribution in [1.82, 2.24) is 15.1 Å². The Morgan fingerprint density at radius 3 is 2.19 bits per heavy atom. The van der Waals surface area contributed by atoms with Crippen LogP contribution in [0, 0.1) is 6.92 Å².